The highest BCUT2D eigenvalue weighted by atomic mass is 16.5. The van der Waals surface area contributed by atoms with Crippen LogP contribution in [0.2, 0.25) is 0 Å². The molecule has 1 heterocycles. The molecule has 53 heavy (non-hydrogen) atoms. The van der Waals surface area contributed by atoms with Gasteiger partial charge in [0.05, 0.1) is 33.8 Å². The number of ether oxygens (including phenoxy) is 6. The molecule has 0 radical (unpaired) electrons. The van der Waals surface area contributed by atoms with E-state index in [0.717, 1.165) is 16.7 Å². The molecule has 0 aliphatic carbocycles. The van der Waals surface area contributed by atoms with E-state index in [4.69, 9.17) is 28.4 Å². The van der Waals surface area contributed by atoms with Crippen molar-refractivity contribution in [2.75, 3.05) is 28.4 Å². The Kier molecular flexibility index (Phi) is 11.2. The van der Waals surface area contributed by atoms with Crippen molar-refractivity contribution in [3.63, 3.8) is 0 Å². The highest BCUT2D eigenvalue weighted by Gasteiger charge is 2.27. The second-order valence-corrected chi connectivity index (χ2v) is 11.8. The number of fused-ring (bicyclic) bond motifs is 1. The number of pyridine rings is 1. The number of aromatic nitrogens is 1. The summed E-state index contributed by atoms with van der Waals surface area (Å²) in [6.45, 7) is 0.596. The molecule has 0 aliphatic heterocycles. The van der Waals surface area contributed by atoms with Crippen LogP contribution in [0.1, 0.15) is 27.2 Å². The van der Waals surface area contributed by atoms with Gasteiger partial charge in [-0.25, -0.2) is 9.59 Å². The molecule has 270 valence electrons. The lowest BCUT2D eigenvalue weighted by molar-refractivity contribution is 0.0591. The molecular formula is C42H38N2O9. The van der Waals surface area contributed by atoms with Crippen LogP contribution < -0.4 is 29.8 Å². The van der Waals surface area contributed by atoms with Crippen molar-refractivity contribution in [3.8, 4) is 39.8 Å². The lowest BCUT2D eigenvalue weighted by Gasteiger charge is -2.21. The van der Waals surface area contributed by atoms with Crippen molar-refractivity contribution in [2.24, 2.45) is 0 Å². The van der Waals surface area contributed by atoms with Gasteiger partial charge in [-0.1, -0.05) is 72.8 Å². The van der Waals surface area contributed by atoms with E-state index in [1.807, 2.05) is 60.7 Å². The van der Waals surface area contributed by atoms with Crippen LogP contribution in [0.3, 0.4) is 0 Å². The molecule has 0 unspecified atom stereocenters. The fraction of sp³-hybridized carbons (Fsp3) is 0.167. The van der Waals surface area contributed by atoms with Crippen molar-refractivity contribution in [1.82, 2.24) is 9.88 Å². The first-order valence-electron chi connectivity index (χ1n) is 16.7. The number of nitrogens with zero attached hydrogens (tertiary/aromatic N) is 1. The summed E-state index contributed by atoms with van der Waals surface area (Å²) < 4.78 is 34.9. The summed E-state index contributed by atoms with van der Waals surface area (Å²) in [6, 6.07) is 34.5. The maximum absolute atomic E-state index is 14.6. The third-order valence-electron chi connectivity index (χ3n) is 8.58. The number of amides is 1. The second-order valence-electron chi connectivity index (χ2n) is 11.8. The van der Waals surface area contributed by atoms with Gasteiger partial charge in [-0.2, -0.15) is 0 Å². The maximum Gasteiger partial charge on any atom is 0.407 e. The maximum atomic E-state index is 14.6. The Morgan fingerprint density at radius 3 is 1.87 bits per heavy atom. The van der Waals surface area contributed by atoms with E-state index < -0.39 is 17.6 Å². The first-order valence-corrected chi connectivity index (χ1v) is 16.7. The topological polar surface area (TPSA) is 124 Å². The molecule has 1 aromatic heterocycles. The molecule has 1 amide bonds. The SMILES string of the molecule is COC(=O)c1c(-c2cc(OC)c(OC)c(OC)c2)c2ccc(OCc3ccccc3)cc2c(=O)n1-c1ccc(CNC(=O)OCc2ccccc2)cc1. The van der Waals surface area contributed by atoms with E-state index in [2.05, 4.69) is 5.32 Å². The number of alkyl carbamates (subject to hydrolysis) is 1. The molecule has 11 nitrogen and oxygen atoms in total. The third-order valence-corrected chi connectivity index (χ3v) is 8.58. The van der Waals surface area contributed by atoms with E-state index in [1.165, 1.54) is 33.0 Å². The monoisotopic (exact) mass is 714 g/mol. The Balaban J connectivity index is 1.45. The zero-order chi connectivity index (χ0) is 37.3. The fourth-order valence-electron chi connectivity index (χ4n) is 5.98. The number of hydrogen-bond acceptors (Lipinski definition) is 9. The largest absolute Gasteiger partial charge is 0.493 e. The van der Waals surface area contributed by atoms with Gasteiger partial charge in [0, 0.05) is 17.8 Å². The number of nitrogens with one attached hydrogen (secondary N) is 1. The first kappa shape index (κ1) is 36.1. The van der Waals surface area contributed by atoms with Crippen LogP contribution in [0.4, 0.5) is 4.79 Å². The fourth-order valence-corrected chi connectivity index (χ4v) is 5.98. The van der Waals surface area contributed by atoms with Gasteiger partial charge in [0.15, 0.2) is 11.5 Å². The number of methoxy groups -OCH3 is 4. The van der Waals surface area contributed by atoms with Crippen LogP contribution in [0, 0.1) is 0 Å². The Morgan fingerprint density at radius 1 is 0.660 bits per heavy atom. The van der Waals surface area contributed by atoms with E-state index >= 15 is 0 Å². The van der Waals surface area contributed by atoms with Crippen molar-refractivity contribution in [2.45, 2.75) is 19.8 Å². The zero-order valence-electron chi connectivity index (χ0n) is 29.7. The molecule has 0 spiro atoms. The molecule has 11 heteroatoms. The number of esters is 1. The van der Waals surface area contributed by atoms with Crippen LogP contribution in [0.25, 0.3) is 27.6 Å². The standard InChI is InChI=1S/C42H38N2O9/c1-48-35-21-30(22-36(49-2)39(35)50-3)37-33-20-19-32(52-25-28-11-7-5-8-12-28)23-34(33)40(45)44(38(37)41(46)51-4)31-17-15-27(16-18-31)24-43-42(47)53-26-29-13-9-6-10-14-29/h5-23H,24-26H2,1-4H3,(H,43,47). The molecule has 6 rings (SSSR count). The Morgan fingerprint density at radius 2 is 1.28 bits per heavy atom. The average Bonchev–Trinajstić information content (AvgIpc) is 3.21. The minimum atomic E-state index is -0.746. The number of rotatable bonds is 13. The second kappa shape index (κ2) is 16.5. The van der Waals surface area contributed by atoms with Gasteiger partial charge in [0.1, 0.15) is 24.7 Å². The minimum absolute atomic E-state index is 0.0207. The molecule has 0 saturated carbocycles. The lowest BCUT2D eigenvalue weighted by Crippen LogP contribution is -2.27. The molecule has 0 aliphatic rings. The van der Waals surface area contributed by atoms with Crippen molar-refractivity contribution < 1.29 is 38.0 Å². The van der Waals surface area contributed by atoms with E-state index in [1.54, 1.807) is 54.6 Å². The summed E-state index contributed by atoms with van der Waals surface area (Å²) in [7, 11) is 5.75. The van der Waals surface area contributed by atoms with Gasteiger partial charge in [-0.3, -0.25) is 9.36 Å². The van der Waals surface area contributed by atoms with E-state index in [-0.39, 0.29) is 25.5 Å². The number of hydrogen-bond donors (Lipinski definition) is 1. The van der Waals surface area contributed by atoms with Crippen molar-refractivity contribution in [1.29, 1.82) is 0 Å². The Bertz CT molecular complexity index is 2260. The Hall–Kier alpha value is -6.75. The van der Waals surface area contributed by atoms with Gasteiger partial charge >= 0.3 is 12.1 Å². The summed E-state index contributed by atoms with van der Waals surface area (Å²) in [5.41, 5.74) is 3.36. The molecule has 0 bridgehead atoms. The van der Waals surface area contributed by atoms with Crippen LogP contribution in [-0.2, 0) is 29.2 Å². The summed E-state index contributed by atoms with van der Waals surface area (Å²) >= 11 is 0. The minimum Gasteiger partial charge on any atom is -0.493 e. The van der Waals surface area contributed by atoms with Gasteiger partial charge in [0.25, 0.3) is 5.56 Å². The lowest BCUT2D eigenvalue weighted by atomic mass is 9.95. The predicted molar refractivity (Wildman–Crippen MR) is 200 cm³/mol. The van der Waals surface area contributed by atoms with Crippen molar-refractivity contribution >= 4 is 22.8 Å². The smallest absolute Gasteiger partial charge is 0.407 e. The van der Waals surface area contributed by atoms with Gasteiger partial charge in [-0.05, 0) is 70.1 Å². The highest BCUT2D eigenvalue weighted by Crippen LogP contribution is 2.44. The van der Waals surface area contributed by atoms with Gasteiger partial charge in [-0.15, -0.1) is 0 Å². The number of benzene rings is 5. The molecule has 0 saturated heterocycles. The molecule has 0 fully saturated rings. The summed E-state index contributed by atoms with van der Waals surface area (Å²) in [6.07, 6.45) is -0.572. The highest BCUT2D eigenvalue weighted by molar-refractivity contribution is 6.08. The molecule has 0 atom stereocenters. The van der Waals surface area contributed by atoms with Crippen molar-refractivity contribution in [3.05, 3.63) is 148 Å². The normalized spacial score (nSPS) is 10.7. The first-order chi connectivity index (χ1) is 25.8. The number of carbonyl (C=O) groups excluding carboxylic acids is 2. The predicted octanol–water partition coefficient (Wildman–Crippen LogP) is 7.48. The number of carbonyl (C=O) groups is 2. The van der Waals surface area contributed by atoms with E-state index in [9.17, 15) is 14.4 Å². The summed E-state index contributed by atoms with van der Waals surface area (Å²) in [5, 5.41) is 3.51. The van der Waals surface area contributed by atoms with Crippen LogP contribution >= 0.6 is 0 Å². The quantitative estimate of drug-likeness (QED) is 0.121. The summed E-state index contributed by atoms with van der Waals surface area (Å²) in [4.78, 5) is 40.8. The van der Waals surface area contributed by atoms with Crippen LogP contribution in [0.5, 0.6) is 23.0 Å². The van der Waals surface area contributed by atoms with Crippen LogP contribution in [0.15, 0.2) is 120 Å². The van der Waals surface area contributed by atoms with Crippen LogP contribution in [-0.4, -0.2) is 45.1 Å². The molecular weight excluding hydrogens is 676 g/mol. The molecule has 5 aromatic carbocycles. The zero-order valence-corrected chi connectivity index (χ0v) is 29.7. The Labute approximate surface area is 306 Å². The third kappa shape index (κ3) is 7.94. The van der Waals surface area contributed by atoms with Gasteiger partial charge in [0.2, 0.25) is 5.75 Å². The average molecular weight is 715 g/mol. The molecule has 1 N–H and O–H groups in total. The summed E-state index contributed by atoms with van der Waals surface area (Å²) in [5.74, 6) is 0.785. The van der Waals surface area contributed by atoms with Gasteiger partial charge < -0.3 is 33.7 Å². The van der Waals surface area contributed by atoms with E-state index in [0.29, 0.717) is 50.6 Å². The molecule has 6 aromatic rings.